The Labute approximate surface area is 463 Å². The SMILES string of the molecule is C[C@@H]1C[C@@H]2O[C@H]3[C@H](C[C@H]2O[C@H]2C[C@H]4O[C@H]5C/C=C\C[C@H]6O[C@H]7C=C[C@H]8O[C@H]9[C@H](O)[C@H]%10O[C@@H](/C=C/[C@H](O)CO)C=CC[C@@H]%10O[C@@H]9C[C@@H]8O[C@@H]7C=C[C@@H]6O[C@@H]5C[C@@H](O)[C@]4(C)O[C@@H]2C1)O[C@@H]1[C@@H](C)[C@H](C)[C@@]2(C[C@H](O)CO2)O[C@H]1C(O)[C@@H]3C. The van der Waals surface area contributed by atoms with Crippen LogP contribution in [0.1, 0.15) is 98.8 Å². The maximum Gasteiger partial charge on any atom is 0.174 e. The summed E-state index contributed by atoms with van der Waals surface area (Å²) < 4.78 is 89.0. The molecule has 0 aromatic rings. The van der Waals surface area contributed by atoms with Crippen molar-refractivity contribution in [2.75, 3.05) is 13.2 Å². The standard InChI is InChI=1S/C60H86O19/c1-28-19-42-44(22-48-54(76-42)30(3)52(65)58-55(77-48)29(2)31(4)60(79-58)25-33(63)27-67-60)73-46-24-51-59(5,78-47(46)20-28)50(64)23-45-36(74-51)11-7-6-10-35-37(71-45)15-16-39-38(69-35)17-18-40-43(70-39)21-49-57(75-40)53(66)56-41(72-49)12-8-9-34(68-56)14-13-32(62)26-61/h6-9,13-18,28-58,61-66H,10-12,19-27H2,1-5H3/b7-6-,14-13+/t28-,29+,30+,31+,32+,33+,34-,35-,36+,37+,38+,39-,40-,41+,42+,43+,44-,45-,46+,47-,48+,49-,50-,51-,52?,53-,54-,55-,56+,57-,58+,59+,60-/m1/s1. The maximum atomic E-state index is 12.4. The average Bonchev–Trinajstić information content (AvgIpc) is 3.66. The van der Waals surface area contributed by atoms with Crippen LogP contribution in [0.15, 0.2) is 60.8 Å². The van der Waals surface area contributed by atoms with Crippen LogP contribution >= 0.6 is 0 Å². The fraction of sp³-hybridized carbons (Fsp3) is 0.833. The molecule has 79 heavy (non-hydrogen) atoms. The second-order valence-electron chi connectivity index (χ2n) is 25.9. The van der Waals surface area contributed by atoms with Gasteiger partial charge in [-0.2, -0.15) is 0 Å². The molecule has 19 nitrogen and oxygen atoms in total. The molecule has 0 saturated carbocycles. The van der Waals surface area contributed by atoms with Crippen LogP contribution in [0.5, 0.6) is 0 Å². The monoisotopic (exact) mass is 1110 g/mol. The molecule has 19 heteroatoms. The third-order valence-corrected chi connectivity index (χ3v) is 20.6. The summed E-state index contributed by atoms with van der Waals surface area (Å²) in [6.45, 7) is 10.3. The summed E-state index contributed by atoms with van der Waals surface area (Å²) in [5.41, 5.74) is -1.04. The van der Waals surface area contributed by atoms with Crippen molar-refractivity contribution in [3.8, 4) is 0 Å². The number of rotatable bonds is 3. The molecule has 1 unspecified atom stereocenters. The lowest BCUT2D eigenvalue weighted by atomic mass is 9.75. The Morgan fingerprint density at radius 2 is 1.14 bits per heavy atom. The molecule has 0 bridgehead atoms. The first-order valence-electron chi connectivity index (χ1n) is 30.0. The molecule has 0 aliphatic carbocycles. The van der Waals surface area contributed by atoms with Crippen LogP contribution in [-0.4, -0.2) is 220 Å². The summed E-state index contributed by atoms with van der Waals surface area (Å²) in [6, 6.07) is 0. The molecule has 13 rings (SSSR count). The van der Waals surface area contributed by atoms with Crippen molar-refractivity contribution >= 4 is 0 Å². The lowest BCUT2D eigenvalue weighted by Crippen LogP contribution is -2.63. The van der Waals surface area contributed by atoms with E-state index in [0.29, 0.717) is 57.8 Å². The largest absolute Gasteiger partial charge is 0.393 e. The highest BCUT2D eigenvalue weighted by Crippen LogP contribution is 2.52. The number of aliphatic hydroxyl groups is 6. The molecule has 440 valence electrons. The molecule has 33 atom stereocenters. The Kier molecular flexibility index (Phi) is 15.9. The topological polar surface area (TPSA) is 241 Å². The van der Waals surface area contributed by atoms with Gasteiger partial charge in [-0.1, -0.05) is 88.5 Å². The van der Waals surface area contributed by atoms with Crippen LogP contribution in [0.3, 0.4) is 0 Å². The lowest BCUT2D eigenvalue weighted by molar-refractivity contribution is -0.339. The van der Waals surface area contributed by atoms with Crippen molar-refractivity contribution < 1.29 is 92.2 Å². The fourth-order valence-corrected chi connectivity index (χ4v) is 15.9. The summed E-state index contributed by atoms with van der Waals surface area (Å²) in [4.78, 5) is 0. The molecule has 13 aliphatic rings. The van der Waals surface area contributed by atoms with E-state index in [2.05, 4.69) is 32.9 Å². The molecule has 13 aliphatic heterocycles. The second kappa shape index (κ2) is 22.4. The molecule has 9 saturated heterocycles. The maximum absolute atomic E-state index is 12.4. The van der Waals surface area contributed by atoms with Gasteiger partial charge in [0.25, 0.3) is 0 Å². The summed E-state index contributed by atoms with van der Waals surface area (Å²) in [5.74, 6) is -1.19. The molecule has 13 heterocycles. The van der Waals surface area contributed by atoms with Gasteiger partial charge in [-0.05, 0) is 50.9 Å². The van der Waals surface area contributed by atoms with Crippen molar-refractivity contribution in [3.05, 3.63) is 60.8 Å². The van der Waals surface area contributed by atoms with E-state index in [4.69, 9.17) is 61.6 Å². The van der Waals surface area contributed by atoms with E-state index in [9.17, 15) is 30.6 Å². The van der Waals surface area contributed by atoms with Crippen molar-refractivity contribution in [2.45, 2.75) is 275 Å². The van der Waals surface area contributed by atoms with Crippen molar-refractivity contribution in [1.29, 1.82) is 0 Å². The molecule has 0 aromatic carbocycles. The quantitative estimate of drug-likeness (QED) is 0.223. The minimum atomic E-state index is -1.04. The van der Waals surface area contributed by atoms with Gasteiger partial charge in [0.05, 0.1) is 129 Å². The van der Waals surface area contributed by atoms with E-state index in [0.717, 1.165) is 6.42 Å². The molecule has 1 spiro atoms. The number of fused-ring (bicyclic) bond motifs is 11. The molecule has 6 N–H and O–H groups in total. The van der Waals surface area contributed by atoms with Crippen molar-refractivity contribution in [3.63, 3.8) is 0 Å². The third-order valence-electron chi connectivity index (χ3n) is 20.6. The van der Waals surface area contributed by atoms with E-state index in [-0.39, 0.29) is 79.1 Å². The first kappa shape index (κ1) is 56.1. The lowest BCUT2D eigenvalue weighted by Gasteiger charge is -2.53. The Morgan fingerprint density at radius 1 is 0.519 bits per heavy atom. The van der Waals surface area contributed by atoms with Crippen LogP contribution in [0.25, 0.3) is 0 Å². The molecule has 0 aromatic heterocycles. The average molecular weight is 1110 g/mol. The van der Waals surface area contributed by atoms with Crippen LogP contribution < -0.4 is 0 Å². The number of hydrogen-bond donors (Lipinski definition) is 6. The predicted molar refractivity (Wildman–Crippen MR) is 279 cm³/mol. The van der Waals surface area contributed by atoms with E-state index in [1.807, 2.05) is 50.3 Å². The highest BCUT2D eigenvalue weighted by Gasteiger charge is 2.63. The summed E-state index contributed by atoms with van der Waals surface area (Å²) in [7, 11) is 0. The smallest absolute Gasteiger partial charge is 0.174 e. The van der Waals surface area contributed by atoms with Crippen molar-refractivity contribution in [1.82, 2.24) is 0 Å². The van der Waals surface area contributed by atoms with Crippen LogP contribution in [0.2, 0.25) is 0 Å². The molecule has 0 radical (unpaired) electrons. The Bertz CT molecular complexity index is 2300. The number of hydrogen-bond acceptors (Lipinski definition) is 19. The number of ether oxygens (including phenoxy) is 13. The highest BCUT2D eigenvalue weighted by molar-refractivity contribution is 5.18. The zero-order chi connectivity index (χ0) is 54.6. The van der Waals surface area contributed by atoms with Crippen LogP contribution in [0.4, 0.5) is 0 Å². The van der Waals surface area contributed by atoms with E-state index in [1.54, 1.807) is 6.08 Å². The van der Waals surface area contributed by atoms with Crippen molar-refractivity contribution in [2.24, 2.45) is 23.7 Å². The third kappa shape index (κ3) is 10.5. The van der Waals surface area contributed by atoms with Crippen LogP contribution in [-0.2, 0) is 61.6 Å². The highest BCUT2D eigenvalue weighted by atomic mass is 16.7. The van der Waals surface area contributed by atoms with Gasteiger partial charge >= 0.3 is 0 Å². The Balaban J connectivity index is 0.677. The zero-order valence-corrected chi connectivity index (χ0v) is 46.1. The minimum absolute atomic E-state index is 0.0318. The van der Waals surface area contributed by atoms with Gasteiger partial charge in [-0.15, -0.1) is 0 Å². The van der Waals surface area contributed by atoms with Gasteiger partial charge in [-0.25, -0.2) is 0 Å². The Hall–Kier alpha value is -2.06. The predicted octanol–water partition coefficient (Wildman–Crippen LogP) is 2.97. The zero-order valence-electron chi connectivity index (χ0n) is 46.1. The molecular weight excluding hydrogens is 1020 g/mol. The summed E-state index contributed by atoms with van der Waals surface area (Å²) in [5, 5.41) is 65.9. The van der Waals surface area contributed by atoms with E-state index in [1.165, 1.54) is 6.08 Å². The van der Waals surface area contributed by atoms with Gasteiger partial charge in [0.1, 0.15) is 54.4 Å². The van der Waals surface area contributed by atoms with E-state index < -0.39 is 134 Å². The fourth-order valence-electron chi connectivity index (χ4n) is 15.9. The normalized spacial score (nSPS) is 56.8. The summed E-state index contributed by atoms with van der Waals surface area (Å²) >= 11 is 0. The van der Waals surface area contributed by atoms with Crippen LogP contribution in [0, 0.1) is 23.7 Å². The van der Waals surface area contributed by atoms with E-state index >= 15 is 0 Å². The summed E-state index contributed by atoms with van der Waals surface area (Å²) in [6.07, 6.45) is 10.5. The minimum Gasteiger partial charge on any atom is -0.393 e. The number of aliphatic hydroxyl groups excluding tert-OH is 6. The van der Waals surface area contributed by atoms with Gasteiger partial charge in [-0.3, -0.25) is 0 Å². The Morgan fingerprint density at radius 3 is 1.91 bits per heavy atom. The van der Waals surface area contributed by atoms with Gasteiger partial charge < -0.3 is 92.2 Å². The first-order chi connectivity index (χ1) is 38.0. The molecular formula is C60H86O19. The van der Waals surface area contributed by atoms with Gasteiger partial charge in [0.15, 0.2) is 5.79 Å². The van der Waals surface area contributed by atoms with Gasteiger partial charge in [0.2, 0.25) is 0 Å². The van der Waals surface area contributed by atoms with Gasteiger partial charge in [0, 0.05) is 43.9 Å². The first-order valence-corrected chi connectivity index (χ1v) is 30.0. The second-order valence-corrected chi connectivity index (χ2v) is 25.9. The molecule has 9 fully saturated rings. The molecule has 0 amide bonds.